The van der Waals surface area contributed by atoms with Gasteiger partial charge in [-0.05, 0) is 37.5 Å². The Labute approximate surface area is 115 Å². The molecule has 1 fully saturated rings. The van der Waals surface area contributed by atoms with Crippen molar-refractivity contribution in [3.05, 3.63) is 29.8 Å². The summed E-state index contributed by atoms with van der Waals surface area (Å²) in [5.74, 6) is 0.995. The molecule has 1 amide bonds. The topological polar surface area (TPSA) is 38.3 Å². The zero-order chi connectivity index (χ0) is 13.5. The van der Waals surface area contributed by atoms with Crippen LogP contribution in [0, 0.1) is 0 Å². The maximum Gasteiger partial charge on any atom is 0.224 e. The van der Waals surface area contributed by atoms with E-state index >= 15 is 0 Å². The molecule has 0 bridgehead atoms. The van der Waals surface area contributed by atoms with Crippen LogP contribution in [0.5, 0.6) is 5.75 Å². The highest BCUT2D eigenvalue weighted by Gasteiger charge is 2.15. The first-order chi connectivity index (χ1) is 9.28. The predicted octanol–water partition coefficient (Wildman–Crippen LogP) is 3.08. The van der Waals surface area contributed by atoms with Gasteiger partial charge in [-0.15, -0.1) is 0 Å². The number of amides is 1. The molecular weight excluding hydrogens is 238 g/mol. The first-order valence-electron chi connectivity index (χ1n) is 7.29. The summed E-state index contributed by atoms with van der Waals surface area (Å²) < 4.78 is 5.39. The van der Waals surface area contributed by atoms with E-state index in [0.29, 0.717) is 19.1 Å². The zero-order valence-electron chi connectivity index (χ0n) is 11.7. The lowest BCUT2D eigenvalue weighted by molar-refractivity contribution is -0.121. The Balaban J connectivity index is 1.80. The third-order valence-corrected chi connectivity index (χ3v) is 3.57. The Morgan fingerprint density at radius 1 is 1.21 bits per heavy atom. The maximum atomic E-state index is 11.9. The van der Waals surface area contributed by atoms with Crippen molar-refractivity contribution in [1.82, 2.24) is 5.32 Å². The van der Waals surface area contributed by atoms with Gasteiger partial charge in [0.05, 0.1) is 13.0 Å². The number of hydrogen-bond donors (Lipinski definition) is 1. The Bertz CT molecular complexity index is 394. The van der Waals surface area contributed by atoms with E-state index in [1.807, 2.05) is 31.2 Å². The van der Waals surface area contributed by atoms with E-state index in [9.17, 15) is 4.79 Å². The van der Waals surface area contributed by atoms with Crippen molar-refractivity contribution in [2.45, 2.75) is 51.5 Å². The average Bonchev–Trinajstić information content (AvgIpc) is 2.42. The SMILES string of the molecule is CCOc1ccc(CC(=O)NC2CCCCC2)cc1. The van der Waals surface area contributed by atoms with Crippen molar-refractivity contribution >= 4 is 5.91 Å². The minimum absolute atomic E-state index is 0.135. The molecule has 0 heterocycles. The van der Waals surface area contributed by atoms with Gasteiger partial charge in [0.15, 0.2) is 0 Å². The van der Waals surface area contributed by atoms with Crippen molar-refractivity contribution in [3.8, 4) is 5.75 Å². The van der Waals surface area contributed by atoms with Gasteiger partial charge < -0.3 is 10.1 Å². The second-order valence-corrected chi connectivity index (χ2v) is 5.16. The van der Waals surface area contributed by atoms with Crippen LogP contribution in [-0.4, -0.2) is 18.6 Å². The van der Waals surface area contributed by atoms with E-state index in [0.717, 1.165) is 24.2 Å². The Morgan fingerprint density at radius 3 is 2.53 bits per heavy atom. The standard InChI is InChI=1S/C16H23NO2/c1-2-19-15-10-8-13(9-11-15)12-16(18)17-14-6-4-3-5-7-14/h8-11,14H,2-7,12H2,1H3,(H,17,18). The molecule has 3 heteroatoms. The number of hydrogen-bond acceptors (Lipinski definition) is 2. The Hall–Kier alpha value is -1.51. The Morgan fingerprint density at radius 2 is 1.89 bits per heavy atom. The van der Waals surface area contributed by atoms with E-state index in [4.69, 9.17) is 4.74 Å². The van der Waals surface area contributed by atoms with Crippen LogP contribution in [-0.2, 0) is 11.2 Å². The summed E-state index contributed by atoms with van der Waals surface area (Å²) >= 11 is 0. The van der Waals surface area contributed by atoms with Gasteiger partial charge in [0.2, 0.25) is 5.91 Å². The lowest BCUT2D eigenvalue weighted by Gasteiger charge is -2.22. The molecule has 0 aromatic heterocycles. The van der Waals surface area contributed by atoms with Crippen LogP contribution in [0.4, 0.5) is 0 Å². The molecule has 0 spiro atoms. The molecule has 1 aromatic rings. The van der Waals surface area contributed by atoms with E-state index in [1.54, 1.807) is 0 Å². The highest BCUT2D eigenvalue weighted by atomic mass is 16.5. The van der Waals surface area contributed by atoms with Crippen molar-refractivity contribution in [2.24, 2.45) is 0 Å². The lowest BCUT2D eigenvalue weighted by atomic mass is 9.95. The molecule has 1 aliphatic rings. The van der Waals surface area contributed by atoms with Crippen LogP contribution < -0.4 is 10.1 Å². The van der Waals surface area contributed by atoms with Gasteiger partial charge >= 0.3 is 0 Å². The molecule has 104 valence electrons. The van der Waals surface area contributed by atoms with Crippen molar-refractivity contribution < 1.29 is 9.53 Å². The van der Waals surface area contributed by atoms with Crippen LogP contribution in [0.15, 0.2) is 24.3 Å². The fraction of sp³-hybridized carbons (Fsp3) is 0.562. The third-order valence-electron chi connectivity index (χ3n) is 3.57. The van der Waals surface area contributed by atoms with Gasteiger partial charge in [-0.3, -0.25) is 4.79 Å². The summed E-state index contributed by atoms with van der Waals surface area (Å²) in [5.41, 5.74) is 1.04. The van der Waals surface area contributed by atoms with Crippen LogP contribution in [0.3, 0.4) is 0 Å². The monoisotopic (exact) mass is 261 g/mol. The van der Waals surface area contributed by atoms with Crippen molar-refractivity contribution in [1.29, 1.82) is 0 Å². The molecule has 0 radical (unpaired) electrons. The minimum Gasteiger partial charge on any atom is -0.494 e. The molecule has 19 heavy (non-hydrogen) atoms. The van der Waals surface area contributed by atoms with E-state index in [-0.39, 0.29) is 5.91 Å². The van der Waals surface area contributed by atoms with Gasteiger partial charge in [0.25, 0.3) is 0 Å². The Kier molecular flexibility index (Phi) is 5.25. The van der Waals surface area contributed by atoms with Gasteiger partial charge in [-0.2, -0.15) is 0 Å². The minimum atomic E-state index is 0.135. The number of carbonyl (C=O) groups excluding carboxylic acids is 1. The van der Waals surface area contributed by atoms with Gasteiger partial charge in [0.1, 0.15) is 5.75 Å². The second-order valence-electron chi connectivity index (χ2n) is 5.16. The number of rotatable bonds is 5. The summed E-state index contributed by atoms with van der Waals surface area (Å²) in [6.07, 6.45) is 6.53. The number of ether oxygens (including phenoxy) is 1. The summed E-state index contributed by atoms with van der Waals surface area (Å²) in [5, 5.41) is 3.14. The highest BCUT2D eigenvalue weighted by molar-refractivity contribution is 5.78. The molecule has 0 aliphatic heterocycles. The van der Waals surface area contributed by atoms with Crippen LogP contribution >= 0.6 is 0 Å². The summed E-state index contributed by atoms with van der Waals surface area (Å²) in [7, 11) is 0. The lowest BCUT2D eigenvalue weighted by Crippen LogP contribution is -2.37. The zero-order valence-corrected chi connectivity index (χ0v) is 11.7. The first-order valence-corrected chi connectivity index (χ1v) is 7.29. The van der Waals surface area contributed by atoms with Gasteiger partial charge in [-0.25, -0.2) is 0 Å². The van der Waals surface area contributed by atoms with Crippen LogP contribution in [0.25, 0.3) is 0 Å². The molecule has 2 rings (SSSR count). The predicted molar refractivity (Wildman–Crippen MR) is 76.3 cm³/mol. The van der Waals surface area contributed by atoms with Gasteiger partial charge in [-0.1, -0.05) is 31.4 Å². The molecular formula is C16H23NO2. The molecule has 0 unspecified atom stereocenters. The maximum absolute atomic E-state index is 11.9. The molecule has 1 N–H and O–H groups in total. The molecule has 3 nitrogen and oxygen atoms in total. The highest BCUT2D eigenvalue weighted by Crippen LogP contribution is 2.18. The smallest absolute Gasteiger partial charge is 0.224 e. The van der Waals surface area contributed by atoms with Crippen molar-refractivity contribution in [2.75, 3.05) is 6.61 Å². The fourth-order valence-corrected chi connectivity index (χ4v) is 2.58. The molecule has 0 atom stereocenters. The second kappa shape index (κ2) is 7.17. The van der Waals surface area contributed by atoms with Gasteiger partial charge in [0, 0.05) is 6.04 Å². The van der Waals surface area contributed by atoms with E-state index in [2.05, 4.69) is 5.32 Å². The fourth-order valence-electron chi connectivity index (χ4n) is 2.58. The molecule has 0 saturated heterocycles. The molecule has 1 aromatic carbocycles. The van der Waals surface area contributed by atoms with Crippen molar-refractivity contribution in [3.63, 3.8) is 0 Å². The summed E-state index contributed by atoms with van der Waals surface area (Å²) in [6, 6.07) is 8.17. The van der Waals surface area contributed by atoms with E-state index < -0.39 is 0 Å². The summed E-state index contributed by atoms with van der Waals surface area (Å²) in [6.45, 7) is 2.63. The summed E-state index contributed by atoms with van der Waals surface area (Å²) in [4.78, 5) is 11.9. The quantitative estimate of drug-likeness (QED) is 0.884. The normalized spacial score (nSPS) is 16.1. The number of nitrogens with one attached hydrogen (secondary N) is 1. The molecule has 1 saturated carbocycles. The van der Waals surface area contributed by atoms with Crippen LogP contribution in [0.1, 0.15) is 44.6 Å². The molecule has 1 aliphatic carbocycles. The first kappa shape index (κ1) is 13.9. The average molecular weight is 261 g/mol. The number of carbonyl (C=O) groups is 1. The third kappa shape index (κ3) is 4.58. The van der Waals surface area contributed by atoms with E-state index in [1.165, 1.54) is 19.3 Å². The number of benzene rings is 1. The van der Waals surface area contributed by atoms with Crippen LogP contribution in [0.2, 0.25) is 0 Å². The largest absolute Gasteiger partial charge is 0.494 e.